The summed E-state index contributed by atoms with van der Waals surface area (Å²) in [5.41, 5.74) is 2.09. The SMILES string of the molecule is Cn1c2ncn(Cc3ccccc3)c2c(=O)n2cc(C=O)nc12. The molecule has 114 valence electrons. The zero-order chi connectivity index (χ0) is 16.0. The minimum absolute atomic E-state index is 0.222. The third-order valence-corrected chi connectivity index (χ3v) is 3.88. The van der Waals surface area contributed by atoms with Gasteiger partial charge in [-0.2, -0.15) is 0 Å². The Bertz CT molecular complexity index is 1090. The number of aromatic nitrogens is 5. The van der Waals surface area contributed by atoms with Gasteiger partial charge >= 0.3 is 0 Å². The van der Waals surface area contributed by atoms with Crippen molar-refractivity contribution < 1.29 is 4.79 Å². The highest BCUT2D eigenvalue weighted by molar-refractivity contribution is 5.76. The Labute approximate surface area is 130 Å². The van der Waals surface area contributed by atoms with Crippen molar-refractivity contribution >= 4 is 23.2 Å². The van der Waals surface area contributed by atoms with Crippen LogP contribution in [0.1, 0.15) is 16.1 Å². The highest BCUT2D eigenvalue weighted by atomic mass is 16.1. The largest absolute Gasteiger partial charge is 0.320 e. The van der Waals surface area contributed by atoms with Crippen molar-refractivity contribution in [1.29, 1.82) is 0 Å². The summed E-state index contributed by atoms with van der Waals surface area (Å²) in [6.07, 6.45) is 3.73. The van der Waals surface area contributed by atoms with E-state index in [9.17, 15) is 9.59 Å². The quantitative estimate of drug-likeness (QED) is 0.534. The van der Waals surface area contributed by atoms with E-state index in [0.717, 1.165) is 5.56 Å². The fraction of sp³-hybridized carbons (Fsp3) is 0.125. The van der Waals surface area contributed by atoms with Crippen molar-refractivity contribution in [1.82, 2.24) is 23.5 Å². The molecule has 0 bridgehead atoms. The normalized spacial score (nSPS) is 11.3. The number of benzene rings is 1. The molecule has 0 spiro atoms. The van der Waals surface area contributed by atoms with Gasteiger partial charge < -0.3 is 4.57 Å². The summed E-state index contributed by atoms with van der Waals surface area (Å²) < 4.78 is 4.91. The fourth-order valence-electron chi connectivity index (χ4n) is 2.78. The molecule has 3 heterocycles. The molecule has 0 amide bonds. The van der Waals surface area contributed by atoms with E-state index in [4.69, 9.17) is 0 Å². The number of aryl methyl sites for hydroxylation is 1. The van der Waals surface area contributed by atoms with Gasteiger partial charge in [0, 0.05) is 19.8 Å². The molecule has 0 saturated carbocycles. The molecule has 7 heteroatoms. The predicted octanol–water partition coefficient (Wildman–Crippen LogP) is 1.24. The lowest BCUT2D eigenvalue weighted by molar-refractivity contribution is 0.111. The van der Waals surface area contributed by atoms with Crippen LogP contribution in [-0.2, 0) is 13.6 Å². The molecule has 4 aromatic rings. The molecule has 0 N–H and O–H groups in total. The molecule has 0 atom stereocenters. The molecule has 0 radical (unpaired) electrons. The molecule has 0 saturated heterocycles. The van der Waals surface area contributed by atoms with Crippen molar-refractivity contribution in [3.63, 3.8) is 0 Å². The van der Waals surface area contributed by atoms with Crippen LogP contribution in [0, 0.1) is 0 Å². The first-order valence-corrected chi connectivity index (χ1v) is 7.11. The predicted molar refractivity (Wildman–Crippen MR) is 84.7 cm³/mol. The number of carbonyl (C=O) groups is 1. The summed E-state index contributed by atoms with van der Waals surface area (Å²) in [5, 5.41) is 0. The van der Waals surface area contributed by atoms with Crippen LogP contribution in [0.4, 0.5) is 0 Å². The van der Waals surface area contributed by atoms with Crippen molar-refractivity contribution in [3.8, 4) is 0 Å². The lowest BCUT2D eigenvalue weighted by atomic mass is 10.2. The summed E-state index contributed by atoms with van der Waals surface area (Å²) >= 11 is 0. The van der Waals surface area contributed by atoms with Crippen LogP contribution in [0.15, 0.2) is 47.7 Å². The molecule has 4 rings (SSSR count). The van der Waals surface area contributed by atoms with Crippen molar-refractivity contribution in [3.05, 3.63) is 64.5 Å². The topological polar surface area (TPSA) is 74.2 Å². The minimum Gasteiger partial charge on any atom is -0.320 e. The Balaban J connectivity index is 1.99. The van der Waals surface area contributed by atoms with E-state index in [0.29, 0.717) is 29.8 Å². The van der Waals surface area contributed by atoms with Gasteiger partial charge in [0.1, 0.15) is 5.69 Å². The molecular formula is C16H13N5O2. The second kappa shape index (κ2) is 4.91. The van der Waals surface area contributed by atoms with Gasteiger partial charge in [-0.3, -0.25) is 14.2 Å². The van der Waals surface area contributed by atoms with Gasteiger partial charge in [0.25, 0.3) is 5.56 Å². The minimum atomic E-state index is -0.234. The number of nitrogens with zero attached hydrogens (tertiary/aromatic N) is 5. The Hall–Kier alpha value is -3.22. The number of carbonyl (C=O) groups excluding carboxylic acids is 1. The van der Waals surface area contributed by atoms with Crippen LogP contribution in [0.25, 0.3) is 16.9 Å². The molecule has 0 unspecified atom stereocenters. The van der Waals surface area contributed by atoms with Crippen molar-refractivity contribution in [2.45, 2.75) is 6.54 Å². The molecule has 0 fully saturated rings. The molecular weight excluding hydrogens is 294 g/mol. The van der Waals surface area contributed by atoms with Crippen LogP contribution in [0.3, 0.4) is 0 Å². The van der Waals surface area contributed by atoms with E-state index >= 15 is 0 Å². The van der Waals surface area contributed by atoms with Crippen LogP contribution in [-0.4, -0.2) is 29.8 Å². The number of rotatable bonds is 3. The van der Waals surface area contributed by atoms with E-state index in [1.165, 1.54) is 10.6 Å². The van der Waals surface area contributed by atoms with Crippen molar-refractivity contribution in [2.24, 2.45) is 7.05 Å². The number of hydrogen-bond donors (Lipinski definition) is 0. The summed E-state index contributed by atoms with van der Waals surface area (Å²) in [7, 11) is 1.78. The van der Waals surface area contributed by atoms with E-state index in [-0.39, 0.29) is 11.3 Å². The monoisotopic (exact) mass is 307 g/mol. The summed E-state index contributed by atoms with van der Waals surface area (Å²) in [4.78, 5) is 32.2. The molecule has 3 aromatic heterocycles. The maximum absolute atomic E-state index is 12.8. The number of aldehydes is 1. The summed E-state index contributed by atoms with van der Waals surface area (Å²) in [5.74, 6) is 0.398. The van der Waals surface area contributed by atoms with Crippen LogP contribution in [0.5, 0.6) is 0 Å². The van der Waals surface area contributed by atoms with Gasteiger partial charge in [-0.25, -0.2) is 14.4 Å². The highest BCUT2D eigenvalue weighted by Crippen LogP contribution is 2.13. The van der Waals surface area contributed by atoms with Gasteiger partial charge in [-0.15, -0.1) is 0 Å². The fourth-order valence-corrected chi connectivity index (χ4v) is 2.78. The first-order valence-electron chi connectivity index (χ1n) is 7.11. The Morgan fingerprint density at radius 1 is 1.22 bits per heavy atom. The van der Waals surface area contributed by atoms with Gasteiger partial charge in [0.05, 0.1) is 6.33 Å². The molecule has 0 aliphatic rings. The first-order chi connectivity index (χ1) is 11.2. The number of fused-ring (bicyclic) bond motifs is 2. The van der Waals surface area contributed by atoms with Gasteiger partial charge in [-0.1, -0.05) is 30.3 Å². The van der Waals surface area contributed by atoms with E-state index in [1.54, 1.807) is 17.9 Å². The lowest BCUT2D eigenvalue weighted by Crippen LogP contribution is -2.19. The molecule has 7 nitrogen and oxygen atoms in total. The third-order valence-electron chi connectivity index (χ3n) is 3.88. The Morgan fingerprint density at radius 3 is 2.74 bits per heavy atom. The second-order valence-electron chi connectivity index (χ2n) is 5.35. The summed E-state index contributed by atoms with van der Waals surface area (Å²) in [6, 6.07) is 9.85. The van der Waals surface area contributed by atoms with Gasteiger partial charge in [0.15, 0.2) is 17.5 Å². The van der Waals surface area contributed by atoms with Crippen molar-refractivity contribution in [2.75, 3.05) is 0 Å². The average molecular weight is 307 g/mol. The van der Waals surface area contributed by atoms with Gasteiger partial charge in [0.2, 0.25) is 5.78 Å². The zero-order valence-electron chi connectivity index (χ0n) is 12.4. The number of hydrogen-bond acceptors (Lipinski definition) is 4. The Kier molecular flexibility index (Phi) is 2.87. The maximum atomic E-state index is 12.8. The Morgan fingerprint density at radius 2 is 2.00 bits per heavy atom. The number of imidazole rings is 2. The average Bonchev–Trinajstić information content (AvgIpc) is 3.18. The van der Waals surface area contributed by atoms with E-state index in [2.05, 4.69) is 9.97 Å². The molecule has 1 aromatic carbocycles. The second-order valence-corrected chi connectivity index (χ2v) is 5.35. The smallest absolute Gasteiger partial charge is 0.285 e. The molecule has 23 heavy (non-hydrogen) atoms. The molecule has 0 aliphatic heterocycles. The zero-order valence-corrected chi connectivity index (χ0v) is 12.4. The molecule has 0 aliphatic carbocycles. The van der Waals surface area contributed by atoms with E-state index in [1.807, 2.05) is 34.9 Å². The van der Waals surface area contributed by atoms with E-state index < -0.39 is 0 Å². The standard InChI is InChI=1S/C16H13N5O2/c1-19-14-13(15(23)21-8-12(9-22)18-16(19)21)20(10-17-14)7-11-5-3-2-4-6-11/h2-6,8-10H,7H2,1H3. The van der Waals surface area contributed by atoms with Gasteiger partial charge in [-0.05, 0) is 5.56 Å². The highest BCUT2D eigenvalue weighted by Gasteiger charge is 2.16. The van der Waals surface area contributed by atoms with Crippen LogP contribution in [0.2, 0.25) is 0 Å². The first kappa shape index (κ1) is 13.4. The summed E-state index contributed by atoms with van der Waals surface area (Å²) in [6.45, 7) is 0.549. The third kappa shape index (κ3) is 1.97. The van der Waals surface area contributed by atoms with Crippen LogP contribution >= 0.6 is 0 Å². The maximum Gasteiger partial charge on any atom is 0.285 e. The lowest BCUT2D eigenvalue weighted by Gasteiger charge is -2.06. The van der Waals surface area contributed by atoms with Crippen LogP contribution < -0.4 is 5.56 Å².